The van der Waals surface area contributed by atoms with Gasteiger partial charge in [0.25, 0.3) is 0 Å². The number of nitrogens with two attached hydrogens (primary N) is 1. The third kappa shape index (κ3) is 3.86. The van der Waals surface area contributed by atoms with Crippen molar-refractivity contribution < 1.29 is 4.79 Å². The van der Waals surface area contributed by atoms with Gasteiger partial charge in [-0.15, -0.1) is 0 Å². The van der Waals surface area contributed by atoms with Gasteiger partial charge < -0.3 is 11.1 Å². The van der Waals surface area contributed by atoms with Crippen LogP contribution in [0.1, 0.15) is 30.0 Å². The van der Waals surface area contributed by atoms with Gasteiger partial charge in [-0.2, -0.15) is 0 Å². The highest BCUT2D eigenvalue weighted by Crippen LogP contribution is 2.10. The molecule has 1 atom stereocenters. The lowest BCUT2D eigenvalue weighted by Crippen LogP contribution is -2.34. The maximum atomic E-state index is 11.7. The topological polar surface area (TPSA) is 55.1 Å². The average molecular weight is 234 g/mol. The molecule has 1 rings (SSSR count). The van der Waals surface area contributed by atoms with Crippen molar-refractivity contribution in [3.05, 3.63) is 34.9 Å². The molecule has 0 aromatic heterocycles. The van der Waals surface area contributed by atoms with Crippen molar-refractivity contribution in [2.24, 2.45) is 11.7 Å². The molecule has 3 heteroatoms. The fraction of sp³-hybridized carbons (Fsp3) is 0.500. The van der Waals surface area contributed by atoms with Crippen LogP contribution in [0.5, 0.6) is 0 Å². The van der Waals surface area contributed by atoms with E-state index in [9.17, 15) is 4.79 Å². The Morgan fingerprint density at radius 1 is 1.35 bits per heavy atom. The van der Waals surface area contributed by atoms with E-state index in [-0.39, 0.29) is 11.8 Å². The largest absolute Gasteiger partial charge is 0.352 e. The van der Waals surface area contributed by atoms with Crippen LogP contribution < -0.4 is 11.1 Å². The Labute approximate surface area is 103 Å². The number of carbonyl (C=O) groups excluding carboxylic acids is 1. The van der Waals surface area contributed by atoms with Gasteiger partial charge in [-0.25, -0.2) is 0 Å². The third-order valence-electron chi connectivity index (χ3n) is 3.19. The number of carbonyl (C=O) groups is 1. The summed E-state index contributed by atoms with van der Waals surface area (Å²) in [7, 11) is 0. The van der Waals surface area contributed by atoms with Crippen molar-refractivity contribution >= 4 is 5.91 Å². The number of hydrogen-bond donors (Lipinski definition) is 2. The van der Waals surface area contributed by atoms with Crippen molar-refractivity contribution in [3.8, 4) is 0 Å². The molecule has 1 amide bonds. The molecule has 1 unspecified atom stereocenters. The van der Waals surface area contributed by atoms with Crippen LogP contribution in [-0.4, -0.2) is 12.5 Å². The van der Waals surface area contributed by atoms with Crippen LogP contribution in [0, 0.1) is 19.8 Å². The van der Waals surface area contributed by atoms with Gasteiger partial charge >= 0.3 is 0 Å². The number of benzene rings is 1. The second-order valence-corrected chi connectivity index (χ2v) is 4.48. The molecule has 0 heterocycles. The van der Waals surface area contributed by atoms with E-state index in [4.69, 9.17) is 5.73 Å². The van der Waals surface area contributed by atoms with Crippen LogP contribution in [-0.2, 0) is 11.3 Å². The highest BCUT2D eigenvalue weighted by atomic mass is 16.1. The first-order chi connectivity index (χ1) is 8.08. The summed E-state index contributed by atoms with van der Waals surface area (Å²) in [4.78, 5) is 11.7. The van der Waals surface area contributed by atoms with Crippen molar-refractivity contribution in [1.82, 2.24) is 5.32 Å². The molecular weight excluding hydrogens is 212 g/mol. The zero-order valence-electron chi connectivity index (χ0n) is 10.9. The lowest BCUT2D eigenvalue weighted by Gasteiger charge is -2.13. The first kappa shape index (κ1) is 13.7. The van der Waals surface area contributed by atoms with E-state index in [0.717, 1.165) is 12.0 Å². The zero-order chi connectivity index (χ0) is 12.8. The number of nitrogens with one attached hydrogen (secondary N) is 1. The number of rotatable bonds is 5. The molecule has 0 fully saturated rings. The van der Waals surface area contributed by atoms with E-state index in [1.165, 1.54) is 11.1 Å². The highest BCUT2D eigenvalue weighted by Gasteiger charge is 2.13. The Hall–Kier alpha value is -1.35. The van der Waals surface area contributed by atoms with E-state index in [2.05, 4.69) is 31.3 Å². The lowest BCUT2D eigenvalue weighted by molar-refractivity contribution is -0.124. The van der Waals surface area contributed by atoms with Crippen LogP contribution in [0.4, 0.5) is 0 Å². The maximum Gasteiger partial charge on any atom is 0.224 e. The molecule has 0 bridgehead atoms. The van der Waals surface area contributed by atoms with Gasteiger partial charge in [0.15, 0.2) is 0 Å². The van der Waals surface area contributed by atoms with Gasteiger partial charge in [-0.05, 0) is 37.0 Å². The predicted octanol–water partition coefficient (Wildman–Crippen LogP) is 1.90. The summed E-state index contributed by atoms with van der Waals surface area (Å²) in [5.74, 6) is -0.0187. The van der Waals surface area contributed by atoms with Crippen LogP contribution >= 0.6 is 0 Å². The lowest BCUT2D eigenvalue weighted by atomic mass is 10.0. The molecule has 0 saturated carbocycles. The SMILES string of the molecule is CCC(CN)C(=O)NCc1ccc(C)c(C)c1. The second-order valence-electron chi connectivity index (χ2n) is 4.48. The van der Waals surface area contributed by atoms with Crippen molar-refractivity contribution in [3.63, 3.8) is 0 Å². The number of amides is 1. The number of aryl methyl sites for hydroxylation is 2. The van der Waals surface area contributed by atoms with Crippen LogP contribution in [0.2, 0.25) is 0 Å². The molecule has 0 radical (unpaired) electrons. The van der Waals surface area contributed by atoms with Gasteiger partial charge in [-0.1, -0.05) is 25.1 Å². The predicted molar refractivity (Wildman–Crippen MR) is 70.6 cm³/mol. The Morgan fingerprint density at radius 2 is 2.06 bits per heavy atom. The molecule has 17 heavy (non-hydrogen) atoms. The summed E-state index contributed by atoms with van der Waals surface area (Å²) >= 11 is 0. The Bertz CT molecular complexity index is 384. The van der Waals surface area contributed by atoms with Gasteiger partial charge in [-0.3, -0.25) is 4.79 Å². The Morgan fingerprint density at radius 3 is 2.59 bits per heavy atom. The quantitative estimate of drug-likeness (QED) is 0.817. The van der Waals surface area contributed by atoms with Crippen LogP contribution in [0.25, 0.3) is 0 Å². The molecule has 0 saturated heterocycles. The first-order valence-corrected chi connectivity index (χ1v) is 6.12. The smallest absolute Gasteiger partial charge is 0.224 e. The minimum atomic E-state index is -0.0680. The summed E-state index contributed by atoms with van der Waals surface area (Å²) in [5, 5.41) is 2.93. The van der Waals surface area contributed by atoms with Crippen LogP contribution in [0.15, 0.2) is 18.2 Å². The number of hydrogen-bond acceptors (Lipinski definition) is 2. The van der Waals surface area contributed by atoms with Crippen molar-refractivity contribution in [2.45, 2.75) is 33.7 Å². The molecule has 3 N–H and O–H groups in total. The summed E-state index contributed by atoms with van der Waals surface area (Å²) in [6.45, 7) is 7.13. The molecule has 1 aromatic carbocycles. The minimum Gasteiger partial charge on any atom is -0.352 e. The van der Waals surface area contributed by atoms with Crippen molar-refractivity contribution in [1.29, 1.82) is 0 Å². The standard InChI is InChI=1S/C14H22N2O/c1-4-13(8-15)14(17)16-9-12-6-5-10(2)11(3)7-12/h5-7,13H,4,8-9,15H2,1-3H3,(H,16,17). The first-order valence-electron chi connectivity index (χ1n) is 6.12. The van der Waals surface area contributed by atoms with Crippen LogP contribution in [0.3, 0.4) is 0 Å². The van der Waals surface area contributed by atoms with E-state index in [0.29, 0.717) is 13.1 Å². The third-order valence-corrected chi connectivity index (χ3v) is 3.19. The average Bonchev–Trinajstić information content (AvgIpc) is 2.32. The molecule has 94 valence electrons. The van der Waals surface area contributed by atoms with Crippen molar-refractivity contribution in [2.75, 3.05) is 6.54 Å². The normalized spacial score (nSPS) is 12.2. The van der Waals surface area contributed by atoms with E-state index in [1.807, 2.05) is 13.0 Å². The van der Waals surface area contributed by atoms with E-state index in [1.54, 1.807) is 0 Å². The van der Waals surface area contributed by atoms with E-state index >= 15 is 0 Å². The Balaban J connectivity index is 2.55. The molecule has 1 aromatic rings. The summed E-state index contributed by atoms with van der Waals surface area (Å²) in [6.07, 6.45) is 0.787. The van der Waals surface area contributed by atoms with Gasteiger partial charge in [0, 0.05) is 19.0 Å². The molecule has 0 spiro atoms. The van der Waals surface area contributed by atoms with Gasteiger partial charge in [0.1, 0.15) is 0 Å². The molecule has 0 aliphatic carbocycles. The summed E-state index contributed by atoms with van der Waals surface area (Å²) in [6, 6.07) is 6.24. The highest BCUT2D eigenvalue weighted by molar-refractivity contribution is 5.78. The zero-order valence-corrected chi connectivity index (χ0v) is 10.9. The van der Waals surface area contributed by atoms with E-state index < -0.39 is 0 Å². The van der Waals surface area contributed by atoms with Gasteiger partial charge in [0.05, 0.1) is 0 Å². The van der Waals surface area contributed by atoms with Gasteiger partial charge in [0.2, 0.25) is 5.91 Å². The monoisotopic (exact) mass is 234 g/mol. The fourth-order valence-corrected chi connectivity index (χ4v) is 1.71. The summed E-state index contributed by atoms with van der Waals surface area (Å²) in [5.41, 5.74) is 9.19. The molecule has 0 aliphatic rings. The fourth-order valence-electron chi connectivity index (χ4n) is 1.71. The molecule has 3 nitrogen and oxygen atoms in total. The Kier molecular flexibility index (Phi) is 5.16. The minimum absolute atomic E-state index is 0.0493. The molecular formula is C14H22N2O. The second kappa shape index (κ2) is 6.40. The maximum absolute atomic E-state index is 11.7. The molecule has 0 aliphatic heterocycles. The summed E-state index contributed by atoms with van der Waals surface area (Å²) < 4.78 is 0.